The zero-order chi connectivity index (χ0) is 19.4. The molecule has 0 bridgehead atoms. The lowest BCUT2D eigenvalue weighted by atomic mass is 10.1. The standard InChI is InChI=1S/C19H16BrClN2O4/c20-14-8-12(21)5-6-17(14)27-10-18(24)23-16(19(25)26)7-11-9-22-15-4-2-1-3-13(11)15/h1-6,8-9,16,22H,7,10H2,(H,23,24)(H,25,26). The molecule has 0 aliphatic carbocycles. The molecule has 0 aliphatic heterocycles. The van der Waals surface area contributed by atoms with Crippen LogP contribution in [-0.2, 0) is 16.0 Å². The topological polar surface area (TPSA) is 91.4 Å². The van der Waals surface area contributed by atoms with E-state index in [2.05, 4.69) is 26.2 Å². The normalized spacial score (nSPS) is 11.9. The van der Waals surface area contributed by atoms with Gasteiger partial charge in [-0.2, -0.15) is 0 Å². The number of hydrogen-bond donors (Lipinski definition) is 3. The van der Waals surface area contributed by atoms with Gasteiger partial charge in [-0.1, -0.05) is 29.8 Å². The highest BCUT2D eigenvalue weighted by atomic mass is 79.9. The molecule has 3 rings (SSSR count). The molecule has 1 heterocycles. The van der Waals surface area contributed by atoms with Crippen molar-refractivity contribution in [2.45, 2.75) is 12.5 Å². The first-order valence-corrected chi connectivity index (χ1v) is 9.26. The van der Waals surface area contributed by atoms with Gasteiger partial charge in [0.25, 0.3) is 5.91 Å². The van der Waals surface area contributed by atoms with E-state index < -0.39 is 17.9 Å². The third kappa shape index (κ3) is 4.81. The third-order valence-electron chi connectivity index (χ3n) is 3.98. The summed E-state index contributed by atoms with van der Waals surface area (Å²) in [6.45, 7) is -0.308. The van der Waals surface area contributed by atoms with E-state index >= 15 is 0 Å². The molecule has 6 nitrogen and oxygen atoms in total. The lowest BCUT2D eigenvalue weighted by molar-refractivity contribution is -0.142. The molecule has 1 atom stereocenters. The maximum Gasteiger partial charge on any atom is 0.326 e. The highest BCUT2D eigenvalue weighted by molar-refractivity contribution is 9.10. The largest absolute Gasteiger partial charge is 0.483 e. The first kappa shape index (κ1) is 19.3. The lowest BCUT2D eigenvalue weighted by Crippen LogP contribution is -2.44. The van der Waals surface area contributed by atoms with E-state index in [9.17, 15) is 14.7 Å². The van der Waals surface area contributed by atoms with Gasteiger partial charge in [0.2, 0.25) is 0 Å². The van der Waals surface area contributed by atoms with Crippen LogP contribution in [0.3, 0.4) is 0 Å². The van der Waals surface area contributed by atoms with Gasteiger partial charge >= 0.3 is 5.97 Å². The number of aromatic nitrogens is 1. The summed E-state index contributed by atoms with van der Waals surface area (Å²) in [5.41, 5.74) is 1.73. The molecule has 8 heteroatoms. The molecule has 0 saturated carbocycles. The molecule has 1 unspecified atom stereocenters. The van der Waals surface area contributed by atoms with Gasteiger partial charge in [0.15, 0.2) is 6.61 Å². The van der Waals surface area contributed by atoms with Crippen LogP contribution in [0.25, 0.3) is 10.9 Å². The zero-order valence-electron chi connectivity index (χ0n) is 14.0. The van der Waals surface area contributed by atoms with Crippen LogP contribution in [0.15, 0.2) is 53.1 Å². The fourth-order valence-corrected chi connectivity index (χ4v) is 3.49. The molecule has 1 aromatic heterocycles. The molecule has 27 heavy (non-hydrogen) atoms. The van der Waals surface area contributed by atoms with Crippen LogP contribution in [0.1, 0.15) is 5.56 Å². The van der Waals surface area contributed by atoms with Crippen molar-refractivity contribution in [2.75, 3.05) is 6.61 Å². The average molecular weight is 452 g/mol. The van der Waals surface area contributed by atoms with Gasteiger partial charge in [0.05, 0.1) is 4.47 Å². The first-order chi connectivity index (χ1) is 12.9. The van der Waals surface area contributed by atoms with E-state index in [4.69, 9.17) is 16.3 Å². The zero-order valence-corrected chi connectivity index (χ0v) is 16.4. The van der Waals surface area contributed by atoms with Crippen molar-refractivity contribution in [1.82, 2.24) is 10.3 Å². The molecule has 0 radical (unpaired) electrons. The van der Waals surface area contributed by atoms with Gasteiger partial charge in [-0.15, -0.1) is 0 Å². The van der Waals surface area contributed by atoms with Crippen LogP contribution in [0, 0.1) is 0 Å². The monoisotopic (exact) mass is 450 g/mol. The molecular weight excluding hydrogens is 436 g/mol. The number of nitrogens with one attached hydrogen (secondary N) is 2. The number of aliphatic carboxylic acids is 1. The molecular formula is C19H16BrClN2O4. The molecule has 3 N–H and O–H groups in total. The molecule has 140 valence electrons. The Morgan fingerprint density at radius 1 is 1.26 bits per heavy atom. The second-order valence-corrected chi connectivity index (χ2v) is 7.18. The minimum atomic E-state index is -1.11. The van der Waals surface area contributed by atoms with Crippen LogP contribution >= 0.6 is 27.5 Å². The Hall–Kier alpha value is -2.51. The van der Waals surface area contributed by atoms with Gasteiger partial charge in [-0.25, -0.2) is 4.79 Å². The van der Waals surface area contributed by atoms with Gasteiger partial charge in [-0.05, 0) is 45.8 Å². The molecule has 2 aromatic carbocycles. The summed E-state index contributed by atoms with van der Waals surface area (Å²) in [5, 5.41) is 13.4. The Kier molecular flexibility index (Phi) is 6.03. The minimum absolute atomic E-state index is 0.162. The van der Waals surface area contributed by atoms with Crippen LogP contribution in [-0.4, -0.2) is 34.6 Å². The number of halogens is 2. The molecule has 0 fully saturated rings. The summed E-state index contributed by atoms with van der Waals surface area (Å²) in [5.74, 6) is -1.19. The van der Waals surface area contributed by atoms with Crippen molar-refractivity contribution in [3.63, 3.8) is 0 Å². The van der Waals surface area contributed by atoms with Crippen molar-refractivity contribution in [3.05, 3.63) is 63.7 Å². The van der Waals surface area contributed by atoms with E-state index in [0.29, 0.717) is 15.2 Å². The van der Waals surface area contributed by atoms with E-state index in [1.807, 2.05) is 24.3 Å². The number of aromatic amines is 1. The number of ether oxygens (including phenoxy) is 1. The Bertz CT molecular complexity index is 989. The molecule has 0 spiro atoms. The van der Waals surface area contributed by atoms with Crippen molar-refractivity contribution in [1.29, 1.82) is 0 Å². The summed E-state index contributed by atoms with van der Waals surface area (Å²) < 4.78 is 6.03. The van der Waals surface area contributed by atoms with E-state index in [0.717, 1.165) is 16.5 Å². The smallest absolute Gasteiger partial charge is 0.326 e. The van der Waals surface area contributed by atoms with Gasteiger partial charge in [0, 0.05) is 28.5 Å². The summed E-state index contributed by atoms with van der Waals surface area (Å²) in [6, 6.07) is 11.4. The van der Waals surface area contributed by atoms with Crippen LogP contribution in [0.2, 0.25) is 5.02 Å². The molecule has 0 aliphatic rings. The van der Waals surface area contributed by atoms with E-state index in [1.165, 1.54) is 0 Å². The summed E-state index contributed by atoms with van der Waals surface area (Å²) in [7, 11) is 0. The number of carboxylic acid groups (broad SMARTS) is 1. The van der Waals surface area contributed by atoms with Crippen molar-refractivity contribution < 1.29 is 19.4 Å². The van der Waals surface area contributed by atoms with Gasteiger partial charge in [-0.3, -0.25) is 4.79 Å². The van der Waals surface area contributed by atoms with Crippen LogP contribution in [0.4, 0.5) is 0 Å². The molecule has 3 aromatic rings. The number of carbonyl (C=O) groups is 2. The van der Waals surface area contributed by atoms with Crippen molar-refractivity contribution >= 4 is 50.3 Å². The Morgan fingerprint density at radius 2 is 2.04 bits per heavy atom. The predicted octanol–water partition coefficient (Wildman–Crippen LogP) is 3.77. The fraction of sp³-hybridized carbons (Fsp3) is 0.158. The maximum atomic E-state index is 12.2. The van der Waals surface area contributed by atoms with E-state index in [-0.39, 0.29) is 13.0 Å². The number of H-pyrrole nitrogens is 1. The summed E-state index contributed by atoms with van der Waals surface area (Å²) in [6.07, 6.45) is 1.92. The SMILES string of the molecule is O=C(COc1ccc(Cl)cc1Br)NC(Cc1c[nH]c2ccccc12)C(=O)O. The van der Waals surface area contributed by atoms with E-state index in [1.54, 1.807) is 24.4 Å². The number of para-hydroxylation sites is 1. The first-order valence-electron chi connectivity index (χ1n) is 8.09. The highest BCUT2D eigenvalue weighted by Crippen LogP contribution is 2.27. The van der Waals surface area contributed by atoms with Gasteiger partial charge in [0.1, 0.15) is 11.8 Å². The third-order valence-corrected chi connectivity index (χ3v) is 4.84. The van der Waals surface area contributed by atoms with Crippen molar-refractivity contribution in [3.8, 4) is 5.75 Å². The number of rotatable bonds is 7. The second-order valence-electron chi connectivity index (χ2n) is 5.89. The number of benzene rings is 2. The summed E-state index contributed by atoms with van der Waals surface area (Å²) in [4.78, 5) is 26.8. The molecule has 0 saturated heterocycles. The number of amides is 1. The lowest BCUT2D eigenvalue weighted by Gasteiger charge is -2.15. The summed E-state index contributed by atoms with van der Waals surface area (Å²) >= 11 is 9.16. The Labute approximate surface area is 168 Å². The van der Waals surface area contributed by atoms with Crippen molar-refractivity contribution in [2.24, 2.45) is 0 Å². The number of hydrogen-bond acceptors (Lipinski definition) is 3. The average Bonchev–Trinajstić information content (AvgIpc) is 3.03. The minimum Gasteiger partial charge on any atom is -0.483 e. The predicted molar refractivity (Wildman–Crippen MR) is 106 cm³/mol. The second kappa shape index (κ2) is 8.45. The van der Waals surface area contributed by atoms with Gasteiger partial charge < -0.3 is 20.1 Å². The highest BCUT2D eigenvalue weighted by Gasteiger charge is 2.22. The number of carbonyl (C=O) groups excluding carboxylic acids is 1. The quantitative estimate of drug-likeness (QED) is 0.510. The number of fused-ring (bicyclic) bond motifs is 1. The fourth-order valence-electron chi connectivity index (χ4n) is 2.69. The molecule has 1 amide bonds. The maximum absolute atomic E-state index is 12.2. The Morgan fingerprint density at radius 3 is 2.78 bits per heavy atom. The number of carboxylic acids is 1. The van der Waals surface area contributed by atoms with Crippen LogP contribution < -0.4 is 10.1 Å². The van der Waals surface area contributed by atoms with Crippen LogP contribution in [0.5, 0.6) is 5.75 Å². The Balaban J connectivity index is 1.63.